The van der Waals surface area contributed by atoms with E-state index in [1.165, 1.54) is 25.3 Å². The minimum absolute atomic E-state index is 0.205. The zero-order valence-corrected chi connectivity index (χ0v) is 10.5. The molecule has 1 fully saturated rings. The van der Waals surface area contributed by atoms with E-state index in [0.717, 1.165) is 6.42 Å². The van der Waals surface area contributed by atoms with Crippen LogP contribution in [0.15, 0.2) is 18.2 Å². The van der Waals surface area contributed by atoms with Crippen LogP contribution in [0.5, 0.6) is 5.75 Å². The molecule has 0 amide bonds. The Morgan fingerprint density at radius 1 is 1.29 bits per heavy atom. The molecule has 1 N–H and O–H groups in total. The second-order valence-corrected chi connectivity index (χ2v) is 4.86. The Bertz CT molecular complexity index is 380. The van der Waals surface area contributed by atoms with Crippen LogP contribution in [0.1, 0.15) is 32.6 Å². The van der Waals surface area contributed by atoms with Crippen molar-refractivity contribution in [1.82, 2.24) is 0 Å². The molecule has 0 aromatic heterocycles. The van der Waals surface area contributed by atoms with Gasteiger partial charge in [-0.2, -0.15) is 0 Å². The molecular formula is C14H20FNO. The zero-order chi connectivity index (χ0) is 12.3. The van der Waals surface area contributed by atoms with Crippen LogP contribution in [0.3, 0.4) is 0 Å². The highest BCUT2D eigenvalue weighted by molar-refractivity contribution is 5.50. The summed E-state index contributed by atoms with van der Waals surface area (Å²) in [6.45, 7) is 2.23. The van der Waals surface area contributed by atoms with Crippen molar-refractivity contribution in [2.75, 3.05) is 12.4 Å². The standard InChI is InChI=1S/C14H20FNO/c1-10-5-3-4-6-13(10)16-14-9-11(17-2)7-8-12(14)15/h7-10,13,16H,3-6H2,1-2H3. The number of hydrogen-bond donors (Lipinski definition) is 1. The maximum Gasteiger partial charge on any atom is 0.146 e. The van der Waals surface area contributed by atoms with E-state index in [2.05, 4.69) is 12.2 Å². The number of ether oxygens (including phenoxy) is 1. The van der Waals surface area contributed by atoms with E-state index in [1.54, 1.807) is 19.2 Å². The van der Waals surface area contributed by atoms with Gasteiger partial charge in [0.25, 0.3) is 0 Å². The lowest BCUT2D eigenvalue weighted by Crippen LogP contribution is -2.30. The number of halogens is 1. The van der Waals surface area contributed by atoms with Gasteiger partial charge in [0.15, 0.2) is 0 Å². The van der Waals surface area contributed by atoms with E-state index in [0.29, 0.717) is 23.4 Å². The minimum atomic E-state index is -0.205. The first-order chi connectivity index (χ1) is 8.20. The highest BCUT2D eigenvalue weighted by Gasteiger charge is 2.21. The number of benzene rings is 1. The smallest absolute Gasteiger partial charge is 0.146 e. The van der Waals surface area contributed by atoms with Crippen LogP contribution < -0.4 is 10.1 Å². The molecule has 1 aliphatic rings. The van der Waals surface area contributed by atoms with Crippen LogP contribution in [0.4, 0.5) is 10.1 Å². The van der Waals surface area contributed by atoms with E-state index < -0.39 is 0 Å². The first kappa shape index (κ1) is 12.2. The Morgan fingerprint density at radius 3 is 2.76 bits per heavy atom. The summed E-state index contributed by atoms with van der Waals surface area (Å²) in [6, 6.07) is 5.21. The van der Waals surface area contributed by atoms with Crippen molar-refractivity contribution in [1.29, 1.82) is 0 Å². The average Bonchev–Trinajstić information content (AvgIpc) is 2.35. The molecule has 2 atom stereocenters. The number of anilines is 1. The topological polar surface area (TPSA) is 21.3 Å². The lowest BCUT2D eigenvalue weighted by atomic mass is 9.86. The molecule has 2 nitrogen and oxygen atoms in total. The van der Waals surface area contributed by atoms with Gasteiger partial charge in [-0.05, 0) is 30.9 Å². The molecule has 1 aromatic rings. The predicted molar refractivity (Wildman–Crippen MR) is 68.0 cm³/mol. The second kappa shape index (κ2) is 5.39. The summed E-state index contributed by atoms with van der Waals surface area (Å²) in [7, 11) is 1.60. The first-order valence-electron chi connectivity index (χ1n) is 6.31. The molecule has 0 aliphatic heterocycles. The van der Waals surface area contributed by atoms with Crippen LogP contribution in [-0.4, -0.2) is 13.2 Å². The lowest BCUT2D eigenvalue weighted by molar-refractivity contribution is 0.348. The summed E-state index contributed by atoms with van der Waals surface area (Å²) in [5.41, 5.74) is 0.558. The number of methoxy groups -OCH3 is 1. The van der Waals surface area contributed by atoms with Gasteiger partial charge in [-0.1, -0.05) is 19.8 Å². The van der Waals surface area contributed by atoms with Crippen molar-refractivity contribution in [2.24, 2.45) is 5.92 Å². The number of rotatable bonds is 3. The fraction of sp³-hybridized carbons (Fsp3) is 0.571. The highest BCUT2D eigenvalue weighted by Crippen LogP contribution is 2.29. The molecular weight excluding hydrogens is 217 g/mol. The SMILES string of the molecule is COc1ccc(F)c(NC2CCCCC2C)c1. The van der Waals surface area contributed by atoms with E-state index in [4.69, 9.17) is 4.74 Å². The summed E-state index contributed by atoms with van der Waals surface area (Å²) in [4.78, 5) is 0. The quantitative estimate of drug-likeness (QED) is 0.862. The van der Waals surface area contributed by atoms with E-state index in [-0.39, 0.29) is 5.82 Å². The summed E-state index contributed by atoms with van der Waals surface area (Å²) in [6.07, 6.45) is 4.87. The molecule has 0 saturated heterocycles. The van der Waals surface area contributed by atoms with Gasteiger partial charge in [0, 0.05) is 12.1 Å². The third-order valence-corrected chi connectivity index (χ3v) is 3.63. The minimum Gasteiger partial charge on any atom is -0.497 e. The lowest BCUT2D eigenvalue weighted by Gasteiger charge is -2.30. The Labute approximate surface area is 102 Å². The van der Waals surface area contributed by atoms with Crippen molar-refractivity contribution < 1.29 is 9.13 Å². The third kappa shape index (κ3) is 2.90. The molecule has 0 radical (unpaired) electrons. The first-order valence-corrected chi connectivity index (χ1v) is 6.31. The Balaban J connectivity index is 2.11. The van der Waals surface area contributed by atoms with Crippen LogP contribution in [0, 0.1) is 11.7 Å². The Morgan fingerprint density at radius 2 is 2.06 bits per heavy atom. The van der Waals surface area contributed by atoms with Gasteiger partial charge in [-0.15, -0.1) is 0 Å². The fourth-order valence-corrected chi connectivity index (χ4v) is 2.47. The van der Waals surface area contributed by atoms with Crippen molar-refractivity contribution in [2.45, 2.75) is 38.6 Å². The summed E-state index contributed by atoms with van der Waals surface area (Å²) >= 11 is 0. The molecule has 1 aliphatic carbocycles. The molecule has 1 saturated carbocycles. The van der Waals surface area contributed by atoms with Gasteiger partial charge in [0.2, 0.25) is 0 Å². The maximum absolute atomic E-state index is 13.7. The molecule has 2 rings (SSSR count). The maximum atomic E-state index is 13.7. The number of hydrogen-bond acceptors (Lipinski definition) is 2. The normalized spacial score (nSPS) is 24.4. The average molecular weight is 237 g/mol. The molecule has 0 heterocycles. The predicted octanol–water partition coefficient (Wildman–Crippen LogP) is 3.82. The highest BCUT2D eigenvalue weighted by atomic mass is 19.1. The Kier molecular flexibility index (Phi) is 3.87. The van der Waals surface area contributed by atoms with Crippen LogP contribution >= 0.6 is 0 Å². The summed E-state index contributed by atoms with van der Waals surface area (Å²) in [5, 5.41) is 3.32. The largest absolute Gasteiger partial charge is 0.497 e. The van der Waals surface area contributed by atoms with Crippen molar-refractivity contribution in [3.63, 3.8) is 0 Å². The molecule has 0 spiro atoms. The van der Waals surface area contributed by atoms with Gasteiger partial charge < -0.3 is 10.1 Å². The van der Waals surface area contributed by atoms with Gasteiger partial charge in [-0.25, -0.2) is 4.39 Å². The van der Waals surface area contributed by atoms with E-state index >= 15 is 0 Å². The van der Waals surface area contributed by atoms with Gasteiger partial charge in [0.1, 0.15) is 11.6 Å². The van der Waals surface area contributed by atoms with Crippen molar-refractivity contribution in [3.05, 3.63) is 24.0 Å². The van der Waals surface area contributed by atoms with E-state index in [1.807, 2.05) is 0 Å². The molecule has 3 heteroatoms. The van der Waals surface area contributed by atoms with Crippen molar-refractivity contribution in [3.8, 4) is 5.75 Å². The van der Waals surface area contributed by atoms with Gasteiger partial charge >= 0.3 is 0 Å². The summed E-state index contributed by atoms with van der Waals surface area (Å²) < 4.78 is 18.8. The third-order valence-electron chi connectivity index (χ3n) is 3.63. The molecule has 0 bridgehead atoms. The zero-order valence-electron chi connectivity index (χ0n) is 10.5. The Hall–Kier alpha value is -1.25. The van der Waals surface area contributed by atoms with Crippen LogP contribution in [-0.2, 0) is 0 Å². The van der Waals surface area contributed by atoms with Crippen LogP contribution in [0.25, 0.3) is 0 Å². The van der Waals surface area contributed by atoms with Gasteiger partial charge in [-0.3, -0.25) is 0 Å². The second-order valence-electron chi connectivity index (χ2n) is 4.86. The molecule has 2 unspecified atom stereocenters. The van der Waals surface area contributed by atoms with Crippen LogP contribution in [0.2, 0.25) is 0 Å². The molecule has 94 valence electrons. The van der Waals surface area contributed by atoms with Gasteiger partial charge in [0.05, 0.1) is 12.8 Å². The molecule has 17 heavy (non-hydrogen) atoms. The summed E-state index contributed by atoms with van der Waals surface area (Å²) in [5.74, 6) is 1.09. The molecule has 1 aromatic carbocycles. The van der Waals surface area contributed by atoms with E-state index in [9.17, 15) is 4.39 Å². The number of nitrogens with one attached hydrogen (secondary N) is 1. The monoisotopic (exact) mass is 237 g/mol. The van der Waals surface area contributed by atoms with Crippen molar-refractivity contribution >= 4 is 5.69 Å². The fourth-order valence-electron chi connectivity index (χ4n) is 2.47.